The number of hydrogen-bond acceptors (Lipinski definition) is 5. The molecule has 6 nitrogen and oxygen atoms in total. The van der Waals surface area contributed by atoms with Crippen LogP contribution in [0.3, 0.4) is 0 Å². The molecule has 0 saturated heterocycles. The van der Waals surface area contributed by atoms with Crippen LogP contribution in [0.25, 0.3) is 0 Å². The maximum Gasteiger partial charge on any atom is 0.407 e. The van der Waals surface area contributed by atoms with Gasteiger partial charge in [0, 0.05) is 19.1 Å². The number of ether oxygens (including phenoxy) is 2. The molecule has 6 heteroatoms. The van der Waals surface area contributed by atoms with Gasteiger partial charge in [0.2, 0.25) is 0 Å². The van der Waals surface area contributed by atoms with Crippen molar-refractivity contribution >= 4 is 12.4 Å². The second-order valence-corrected chi connectivity index (χ2v) is 6.14. The van der Waals surface area contributed by atoms with Crippen molar-refractivity contribution in [2.45, 2.75) is 25.7 Å². The Bertz CT molecular complexity index is 677. The highest BCUT2D eigenvalue weighted by Gasteiger charge is 2.19. The zero-order valence-corrected chi connectivity index (χ0v) is 15.1. The van der Waals surface area contributed by atoms with E-state index in [1.807, 2.05) is 60.7 Å². The first-order valence-electron chi connectivity index (χ1n) is 8.88. The van der Waals surface area contributed by atoms with Crippen LogP contribution in [-0.4, -0.2) is 36.7 Å². The lowest BCUT2D eigenvalue weighted by Crippen LogP contribution is -2.37. The zero-order chi connectivity index (χ0) is 19.3. The Labute approximate surface area is 159 Å². The van der Waals surface area contributed by atoms with E-state index in [1.54, 1.807) is 0 Å². The number of carbonyl (C=O) groups excluding carboxylic acids is 2. The highest BCUT2D eigenvalue weighted by atomic mass is 16.5. The third-order valence-corrected chi connectivity index (χ3v) is 4.04. The SMILES string of the molecule is O=CC(CCOCc1ccccc1)C(O)CNC(=O)OCc1ccccc1. The molecule has 2 N–H and O–H groups in total. The number of aliphatic hydroxyl groups excluding tert-OH is 1. The lowest BCUT2D eigenvalue weighted by Gasteiger charge is -2.18. The summed E-state index contributed by atoms with van der Waals surface area (Å²) < 4.78 is 10.6. The quantitative estimate of drug-likeness (QED) is 0.469. The van der Waals surface area contributed by atoms with Gasteiger partial charge < -0.3 is 24.7 Å². The van der Waals surface area contributed by atoms with Crippen molar-refractivity contribution in [1.82, 2.24) is 5.32 Å². The molecule has 0 fully saturated rings. The zero-order valence-electron chi connectivity index (χ0n) is 15.1. The van der Waals surface area contributed by atoms with E-state index in [0.29, 0.717) is 25.9 Å². The van der Waals surface area contributed by atoms with E-state index >= 15 is 0 Å². The van der Waals surface area contributed by atoms with Crippen molar-refractivity contribution in [2.75, 3.05) is 13.2 Å². The molecule has 0 saturated carbocycles. The Morgan fingerprint density at radius 2 is 1.59 bits per heavy atom. The first-order valence-corrected chi connectivity index (χ1v) is 8.88. The van der Waals surface area contributed by atoms with Crippen LogP contribution < -0.4 is 5.32 Å². The van der Waals surface area contributed by atoms with E-state index in [9.17, 15) is 14.7 Å². The fourth-order valence-corrected chi connectivity index (χ4v) is 2.45. The first kappa shape index (κ1) is 20.6. The van der Waals surface area contributed by atoms with Gasteiger partial charge in [-0.3, -0.25) is 0 Å². The Hall–Kier alpha value is -2.70. The average molecular weight is 371 g/mol. The summed E-state index contributed by atoms with van der Waals surface area (Å²) in [6, 6.07) is 19.0. The molecule has 2 rings (SSSR count). The molecule has 0 spiro atoms. The van der Waals surface area contributed by atoms with Crippen molar-refractivity contribution in [3.05, 3.63) is 71.8 Å². The van der Waals surface area contributed by atoms with Crippen LogP contribution in [0.1, 0.15) is 17.5 Å². The molecule has 0 heterocycles. The molecular formula is C21H25NO5. The normalized spacial score (nSPS) is 12.8. The summed E-state index contributed by atoms with van der Waals surface area (Å²) in [7, 11) is 0. The number of aldehydes is 1. The third-order valence-electron chi connectivity index (χ3n) is 4.04. The molecule has 0 bridgehead atoms. The number of benzene rings is 2. The van der Waals surface area contributed by atoms with E-state index in [0.717, 1.165) is 11.1 Å². The molecule has 2 aromatic rings. The van der Waals surface area contributed by atoms with Gasteiger partial charge in [0.1, 0.15) is 12.9 Å². The Kier molecular flexibility index (Phi) is 9.03. The fourth-order valence-electron chi connectivity index (χ4n) is 2.45. The van der Waals surface area contributed by atoms with Crippen molar-refractivity contribution in [3.63, 3.8) is 0 Å². The summed E-state index contributed by atoms with van der Waals surface area (Å²) in [5.41, 5.74) is 1.91. The van der Waals surface area contributed by atoms with E-state index in [2.05, 4.69) is 5.32 Å². The van der Waals surface area contributed by atoms with Crippen molar-refractivity contribution in [2.24, 2.45) is 5.92 Å². The van der Waals surface area contributed by atoms with Crippen molar-refractivity contribution < 1.29 is 24.2 Å². The predicted molar refractivity (Wildman–Crippen MR) is 101 cm³/mol. The van der Waals surface area contributed by atoms with Crippen molar-refractivity contribution in [1.29, 1.82) is 0 Å². The number of nitrogens with one attached hydrogen (secondary N) is 1. The van der Waals surface area contributed by atoms with E-state index in [4.69, 9.17) is 9.47 Å². The Balaban J connectivity index is 1.62. The molecule has 0 aliphatic rings. The lowest BCUT2D eigenvalue weighted by atomic mass is 10.0. The van der Waals surface area contributed by atoms with Crippen molar-refractivity contribution in [3.8, 4) is 0 Å². The molecule has 0 aliphatic carbocycles. The second kappa shape index (κ2) is 11.8. The minimum absolute atomic E-state index is 0.0598. The number of rotatable bonds is 11. The van der Waals surface area contributed by atoms with Crippen LogP contribution >= 0.6 is 0 Å². The number of carbonyl (C=O) groups is 2. The molecular weight excluding hydrogens is 346 g/mol. The summed E-state index contributed by atoms with van der Waals surface area (Å²) in [4.78, 5) is 22.9. The maximum absolute atomic E-state index is 11.7. The highest BCUT2D eigenvalue weighted by molar-refractivity contribution is 5.67. The Morgan fingerprint density at radius 1 is 1.00 bits per heavy atom. The van der Waals surface area contributed by atoms with Gasteiger partial charge in [-0.05, 0) is 17.5 Å². The van der Waals surface area contributed by atoms with Crippen LogP contribution in [0, 0.1) is 5.92 Å². The van der Waals surface area contributed by atoms with Gasteiger partial charge in [-0.1, -0.05) is 60.7 Å². The third kappa shape index (κ3) is 8.02. The van der Waals surface area contributed by atoms with Crippen LogP contribution in [0.15, 0.2) is 60.7 Å². The van der Waals surface area contributed by atoms with Gasteiger partial charge in [0.15, 0.2) is 0 Å². The number of amides is 1. The molecule has 1 amide bonds. The molecule has 2 unspecified atom stereocenters. The number of alkyl carbamates (subject to hydrolysis) is 1. The monoisotopic (exact) mass is 371 g/mol. The molecule has 0 radical (unpaired) electrons. The van der Waals surface area contributed by atoms with Gasteiger partial charge in [-0.2, -0.15) is 0 Å². The number of aliphatic hydroxyl groups is 1. The molecule has 0 aliphatic heterocycles. The minimum Gasteiger partial charge on any atom is -0.445 e. The summed E-state index contributed by atoms with van der Waals surface area (Å²) in [5, 5.41) is 12.6. The summed E-state index contributed by atoms with van der Waals surface area (Å²) in [5.74, 6) is -0.616. The van der Waals surface area contributed by atoms with E-state index in [1.165, 1.54) is 0 Å². The van der Waals surface area contributed by atoms with Gasteiger partial charge in [0.25, 0.3) is 0 Å². The van der Waals surface area contributed by atoms with Gasteiger partial charge in [-0.25, -0.2) is 4.79 Å². The minimum atomic E-state index is -0.993. The van der Waals surface area contributed by atoms with Crippen LogP contribution in [0.5, 0.6) is 0 Å². The second-order valence-electron chi connectivity index (χ2n) is 6.14. The lowest BCUT2D eigenvalue weighted by molar-refractivity contribution is -0.115. The smallest absolute Gasteiger partial charge is 0.407 e. The van der Waals surface area contributed by atoms with Gasteiger partial charge >= 0.3 is 6.09 Å². The molecule has 2 aromatic carbocycles. The molecule has 144 valence electrons. The topological polar surface area (TPSA) is 84.9 Å². The van der Waals surface area contributed by atoms with Crippen LogP contribution in [0.4, 0.5) is 4.79 Å². The summed E-state index contributed by atoms with van der Waals surface area (Å²) >= 11 is 0. The largest absolute Gasteiger partial charge is 0.445 e. The first-order chi connectivity index (χ1) is 13.2. The summed E-state index contributed by atoms with van der Waals surface area (Å²) in [6.45, 7) is 0.878. The summed E-state index contributed by atoms with van der Waals surface area (Å²) in [6.07, 6.45) is -0.568. The van der Waals surface area contributed by atoms with Gasteiger partial charge in [0.05, 0.1) is 12.7 Å². The van der Waals surface area contributed by atoms with Gasteiger partial charge in [-0.15, -0.1) is 0 Å². The maximum atomic E-state index is 11.7. The standard InChI is InChI=1S/C21H25NO5/c23-14-19(11-12-26-15-17-7-3-1-4-8-17)20(24)13-22-21(25)27-16-18-9-5-2-6-10-18/h1-10,14,19-20,24H,11-13,15-16H2,(H,22,25). The fraction of sp³-hybridized carbons (Fsp3) is 0.333. The van der Waals surface area contributed by atoms with E-state index in [-0.39, 0.29) is 13.2 Å². The molecule has 2 atom stereocenters. The molecule has 0 aromatic heterocycles. The van der Waals surface area contributed by atoms with E-state index < -0.39 is 18.1 Å². The Morgan fingerprint density at radius 3 is 2.19 bits per heavy atom. The van der Waals surface area contributed by atoms with Crippen LogP contribution in [-0.2, 0) is 27.5 Å². The average Bonchev–Trinajstić information content (AvgIpc) is 2.72. The predicted octanol–water partition coefficient (Wildman–Crippen LogP) is 2.70. The molecule has 27 heavy (non-hydrogen) atoms. The number of hydrogen-bond donors (Lipinski definition) is 2. The van der Waals surface area contributed by atoms with Crippen LogP contribution in [0.2, 0.25) is 0 Å². The highest BCUT2D eigenvalue weighted by Crippen LogP contribution is 2.08.